The molecule has 0 aliphatic heterocycles. The van der Waals surface area contributed by atoms with Gasteiger partial charge in [-0.2, -0.15) is 5.10 Å². The fourth-order valence-corrected chi connectivity index (χ4v) is 2.97. The summed E-state index contributed by atoms with van der Waals surface area (Å²) in [6.07, 6.45) is 3.22. The van der Waals surface area contributed by atoms with Gasteiger partial charge in [0.15, 0.2) is 0 Å². The highest BCUT2D eigenvalue weighted by atomic mass is 32.1. The Bertz CT molecular complexity index is 747. The maximum absolute atomic E-state index is 12.1. The molecule has 0 saturated carbocycles. The van der Waals surface area contributed by atoms with Crippen molar-refractivity contribution in [2.75, 3.05) is 0 Å². The van der Waals surface area contributed by atoms with E-state index in [1.54, 1.807) is 11.0 Å². The van der Waals surface area contributed by atoms with E-state index in [-0.39, 0.29) is 5.91 Å². The van der Waals surface area contributed by atoms with E-state index in [2.05, 4.69) is 15.4 Å². The van der Waals surface area contributed by atoms with Crippen LogP contribution in [0.25, 0.3) is 0 Å². The lowest BCUT2D eigenvalue weighted by Crippen LogP contribution is -2.22. The first-order valence-corrected chi connectivity index (χ1v) is 7.83. The Morgan fingerprint density at radius 3 is 2.64 bits per heavy atom. The van der Waals surface area contributed by atoms with Crippen LogP contribution in [0.3, 0.4) is 0 Å². The van der Waals surface area contributed by atoms with Crippen LogP contribution in [0, 0.1) is 6.92 Å². The summed E-state index contributed by atoms with van der Waals surface area (Å²) in [5, 5.41) is 8.96. The van der Waals surface area contributed by atoms with Crippen LogP contribution in [0.2, 0.25) is 0 Å². The molecule has 5 nitrogen and oxygen atoms in total. The van der Waals surface area contributed by atoms with Crippen LogP contribution in [0.5, 0.6) is 0 Å². The molecule has 1 aromatic carbocycles. The van der Waals surface area contributed by atoms with E-state index in [1.165, 1.54) is 17.7 Å². The third-order valence-corrected chi connectivity index (χ3v) is 4.37. The van der Waals surface area contributed by atoms with E-state index >= 15 is 0 Å². The Balaban J connectivity index is 1.57. The van der Waals surface area contributed by atoms with Gasteiger partial charge in [0.05, 0.1) is 11.4 Å². The Morgan fingerprint density at radius 1 is 1.23 bits per heavy atom. The van der Waals surface area contributed by atoms with Crippen molar-refractivity contribution in [1.29, 1.82) is 0 Å². The average Bonchev–Trinajstić information content (AvgIpc) is 3.18. The van der Waals surface area contributed by atoms with E-state index in [9.17, 15) is 4.79 Å². The monoisotopic (exact) mass is 312 g/mol. The van der Waals surface area contributed by atoms with Crippen molar-refractivity contribution in [1.82, 2.24) is 20.1 Å². The Labute approximate surface area is 132 Å². The number of rotatable bonds is 5. The smallest absolute Gasteiger partial charge is 0.261 e. The third kappa shape index (κ3) is 3.40. The highest BCUT2D eigenvalue weighted by molar-refractivity contribution is 7.12. The number of carbonyl (C=O) groups excluding carboxylic acids is 1. The molecule has 0 atom stereocenters. The quantitative estimate of drug-likeness (QED) is 0.788. The number of carbonyl (C=O) groups is 1. The molecular formula is C16H16N4OS. The summed E-state index contributed by atoms with van der Waals surface area (Å²) in [6.45, 7) is 3.17. The lowest BCUT2D eigenvalue weighted by atomic mass is 10.1. The predicted molar refractivity (Wildman–Crippen MR) is 85.8 cm³/mol. The van der Waals surface area contributed by atoms with Gasteiger partial charge in [0, 0.05) is 6.54 Å². The first-order valence-electron chi connectivity index (χ1n) is 6.95. The number of aromatic nitrogens is 3. The molecule has 6 heteroatoms. The van der Waals surface area contributed by atoms with Crippen molar-refractivity contribution >= 4 is 17.2 Å². The fraction of sp³-hybridized carbons (Fsp3) is 0.188. The van der Waals surface area contributed by atoms with Crippen LogP contribution >= 0.6 is 11.3 Å². The van der Waals surface area contributed by atoms with Crippen molar-refractivity contribution < 1.29 is 4.79 Å². The van der Waals surface area contributed by atoms with Crippen LogP contribution in [0.15, 0.2) is 48.4 Å². The SMILES string of the molecule is Cc1ccsc1C(=O)NCc1ccc(Cn2cncn2)cc1. The summed E-state index contributed by atoms with van der Waals surface area (Å²) >= 11 is 1.47. The largest absolute Gasteiger partial charge is 0.347 e. The van der Waals surface area contributed by atoms with Crippen LogP contribution in [-0.4, -0.2) is 20.7 Å². The third-order valence-electron chi connectivity index (χ3n) is 3.36. The van der Waals surface area contributed by atoms with E-state index in [0.717, 1.165) is 21.6 Å². The number of thiophene rings is 1. The molecule has 1 amide bonds. The van der Waals surface area contributed by atoms with Crippen LogP contribution in [0.4, 0.5) is 0 Å². The van der Waals surface area contributed by atoms with Gasteiger partial charge in [0.25, 0.3) is 5.91 Å². The highest BCUT2D eigenvalue weighted by Gasteiger charge is 2.09. The number of benzene rings is 1. The molecule has 0 saturated heterocycles. The summed E-state index contributed by atoms with van der Waals surface area (Å²) in [7, 11) is 0. The highest BCUT2D eigenvalue weighted by Crippen LogP contribution is 2.15. The Morgan fingerprint density at radius 2 is 2.00 bits per heavy atom. The van der Waals surface area contributed by atoms with Crippen LogP contribution in [-0.2, 0) is 13.1 Å². The van der Waals surface area contributed by atoms with Gasteiger partial charge in [-0.1, -0.05) is 24.3 Å². The molecule has 0 bridgehead atoms. The van der Waals surface area contributed by atoms with Crippen molar-refractivity contribution in [3.63, 3.8) is 0 Å². The number of nitrogens with one attached hydrogen (secondary N) is 1. The number of hydrogen-bond donors (Lipinski definition) is 1. The zero-order chi connectivity index (χ0) is 15.4. The Kier molecular flexibility index (Phi) is 4.29. The molecule has 0 fully saturated rings. The normalized spacial score (nSPS) is 10.6. The number of nitrogens with zero attached hydrogens (tertiary/aromatic N) is 3. The molecule has 0 aliphatic carbocycles. The number of hydrogen-bond acceptors (Lipinski definition) is 4. The van der Waals surface area contributed by atoms with Crippen molar-refractivity contribution in [3.05, 3.63) is 69.9 Å². The number of amides is 1. The molecule has 3 aromatic rings. The van der Waals surface area contributed by atoms with E-state index in [0.29, 0.717) is 13.1 Å². The second kappa shape index (κ2) is 6.53. The Hall–Kier alpha value is -2.47. The minimum absolute atomic E-state index is 0.0146. The molecule has 0 spiro atoms. The first kappa shape index (κ1) is 14.5. The average molecular weight is 312 g/mol. The van der Waals surface area contributed by atoms with Crippen molar-refractivity contribution in [2.45, 2.75) is 20.0 Å². The molecule has 0 radical (unpaired) electrons. The molecule has 0 unspecified atom stereocenters. The summed E-state index contributed by atoms with van der Waals surface area (Å²) in [4.78, 5) is 16.8. The lowest BCUT2D eigenvalue weighted by Gasteiger charge is -2.06. The van der Waals surface area contributed by atoms with E-state index < -0.39 is 0 Å². The van der Waals surface area contributed by atoms with Gasteiger partial charge in [-0.05, 0) is 35.1 Å². The molecule has 2 aromatic heterocycles. The maximum Gasteiger partial charge on any atom is 0.261 e. The molecule has 112 valence electrons. The van der Waals surface area contributed by atoms with Gasteiger partial charge in [0.2, 0.25) is 0 Å². The minimum atomic E-state index is -0.0146. The van der Waals surface area contributed by atoms with Gasteiger partial charge in [-0.15, -0.1) is 11.3 Å². The van der Waals surface area contributed by atoms with E-state index in [1.807, 2.05) is 42.6 Å². The van der Waals surface area contributed by atoms with Gasteiger partial charge in [-0.25, -0.2) is 9.67 Å². The van der Waals surface area contributed by atoms with Gasteiger partial charge < -0.3 is 5.32 Å². The summed E-state index contributed by atoms with van der Waals surface area (Å²) in [6, 6.07) is 10.1. The molecule has 1 N–H and O–H groups in total. The predicted octanol–water partition coefficient (Wildman–Crippen LogP) is 2.63. The molecule has 0 aliphatic rings. The summed E-state index contributed by atoms with van der Waals surface area (Å²) < 4.78 is 1.77. The van der Waals surface area contributed by atoms with Gasteiger partial charge >= 0.3 is 0 Å². The zero-order valence-electron chi connectivity index (χ0n) is 12.2. The van der Waals surface area contributed by atoms with Crippen molar-refractivity contribution in [2.24, 2.45) is 0 Å². The van der Waals surface area contributed by atoms with Gasteiger partial charge in [0.1, 0.15) is 12.7 Å². The van der Waals surface area contributed by atoms with Crippen LogP contribution in [0.1, 0.15) is 26.4 Å². The molecule has 3 rings (SSSR count). The summed E-state index contributed by atoms with van der Waals surface area (Å²) in [5.74, 6) is -0.0146. The molecule has 22 heavy (non-hydrogen) atoms. The van der Waals surface area contributed by atoms with Crippen LogP contribution < -0.4 is 5.32 Å². The molecule has 2 heterocycles. The van der Waals surface area contributed by atoms with Crippen molar-refractivity contribution in [3.8, 4) is 0 Å². The first-order chi connectivity index (χ1) is 10.7. The maximum atomic E-state index is 12.1. The minimum Gasteiger partial charge on any atom is -0.347 e. The van der Waals surface area contributed by atoms with Gasteiger partial charge in [-0.3, -0.25) is 4.79 Å². The van der Waals surface area contributed by atoms with E-state index in [4.69, 9.17) is 0 Å². The summed E-state index contributed by atoms with van der Waals surface area (Å²) in [5.41, 5.74) is 3.24. The second-order valence-electron chi connectivity index (χ2n) is 5.02. The fourth-order valence-electron chi connectivity index (χ4n) is 2.13. The standard InChI is InChI=1S/C16H16N4OS/c1-12-6-7-22-15(12)16(21)18-8-13-2-4-14(5-3-13)9-20-11-17-10-19-20/h2-7,10-11H,8-9H2,1H3,(H,18,21). The zero-order valence-corrected chi connectivity index (χ0v) is 13.0. The second-order valence-corrected chi connectivity index (χ2v) is 5.94. The molecular weight excluding hydrogens is 296 g/mol. The topological polar surface area (TPSA) is 59.8 Å². The lowest BCUT2D eigenvalue weighted by molar-refractivity contribution is 0.0954. The number of aryl methyl sites for hydroxylation is 1.